The van der Waals surface area contributed by atoms with Crippen LogP contribution >= 0.6 is 0 Å². The summed E-state index contributed by atoms with van der Waals surface area (Å²) in [5.41, 5.74) is 2.32. The van der Waals surface area contributed by atoms with E-state index in [9.17, 15) is 22.8 Å². The van der Waals surface area contributed by atoms with Crippen molar-refractivity contribution in [2.45, 2.75) is 51.9 Å². The predicted molar refractivity (Wildman–Crippen MR) is 147 cm³/mol. The van der Waals surface area contributed by atoms with Crippen LogP contribution in [0.4, 0.5) is 13.2 Å². The standard InChI is InChI=1S/C31H34F3N3O3/c1-21-8-11-28(40-29-12-10-26(31(32,33)34)18-25(29)19-36-22(2)38)24(16-21)9-13-30(39)37-15-14-35-20-27(37)17-23-6-4-3-5-7-23/h3-8,10-12,16,18,27,35H,9,13-15,17,19-20H2,1-2H3,(H,36,38). The molecule has 0 bridgehead atoms. The van der Waals surface area contributed by atoms with Gasteiger partial charge in [-0.2, -0.15) is 13.2 Å². The van der Waals surface area contributed by atoms with Crippen LogP contribution in [0, 0.1) is 6.92 Å². The number of hydrogen-bond donors (Lipinski definition) is 2. The molecule has 3 aromatic carbocycles. The first-order valence-corrected chi connectivity index (χ1v) is 13.4. The molecule has 1 heterocycles. The maximum absolute atomic E-state index is 13.4. The van der Waals surface area contributed by atoms with E-state index in [-0.39, 0.29) is 42.1 Å². The van der Waals surface area contributed by atoms with Crippen molar-refractivity contribution in [2.75, 3.05) is 19.6 Å². The number of alkyl halides is 3. The fraction of sp³-hybridized carbons (Fsp3) is 0.355. The monoisotopic (exact) mass is 553 g/mol. The Bertz CT molecular complexity index is 1330. The summed E-state index contributed by atoms with van der Waals surface area (Å²) in [6.07, 6.45) is -3.07. The van der Waals surface area contributed by atoms with E-state index >= 15 is 0 Å². The Morgan fingerprint density at radius 2 is 1.75 bits per heavy atom. The number of ether oxygens (including phenoxy) is 1. The minimum atomic E-state index is -4.53. The summed E-state index contributed by atoms with van der Waals surface area (Å²) in [6.45, 7) is 5.21. The van der Waals surface area contributed by atoms with Crippen LogP contribution in [-0.4, -0.2) is 42.4 Å². The molecule has 9 heteroatoms. The maximum Gasteiger partial charge on any atom is 0.416 e. The smallest absolute Gasteiger partial charge is 0.416 e. The number of nitrogens with zero attached hydrogens (tertiary/aromatic N) is 1. The Kier molecular flexibility index (Phi) is 9.47. The number of halogens is 3. The van der Waals surface area contributed by atoms with Gasteiger partial charge in [-0.1, -0.05) is 48.0 Å². The maximum atomic E-state index is 13.4. The molecule has 0 spiro atoms. The lowest BCUT2D eigenvalue weighted by Crippen LogP contribution is -2.54. The Morgan fingerprint density at radius 1 is 1.02 bits per heavy atom. The molecule has 1 aliphatic rings. The molecule has 0 aromatic heterocycles. The molecule has 2 amide bonds. The van der Waals surface area contributed by atoms with Crippen LogP contribution in [0.25, 0.3) is 0 Å². The number of amides is 2. The van der Waals surface area contributed by atoms with Crippen molar-refractivity contribution in [3.63, 3.8) is 0 Å². The molecule has 1 saturated heterocycles. The van der Waals surface area contributed by atoms with Crippen molar-refractivity contribution in [1.82, 2.24) is 15.5 Å². The first kappa shape index (κ1) is 29.1. The van der Waals surface area contributed by atoms with E-state index in [0.29, 0.717) is 18.7 Å². The Hall–Kier alpha value is -3.85. The van der Waals surface area contributed by atoms with E-state index in [1.807, 2.05) is 42.2 Å². The van der Waals surface area contributed by atoms with Crippen molar-refractivity contribution >= 4 is 11.8 Å². The zero-order chi connectivity index (χ0) is 28.7. The van der Waals surface area contributed by atoms with Gasteiger partial charge in [-0.3, -0.25) is 9.59 Å². The molecule has 4 rings (SSSR count). The van der Waals surface area contributed by atoms with Crippen LogP contribution in [0.2, 0.25) is 0 Å². The summed E-state index contributed by atoms with van der Waals surface area (Å²) in [5.74, 6) is 0.360. The van der Waals surface area contributed by atoms with E-state index in [1.54, 1.807) is 6.07 Å². The minimum absolute atomic E-state index is 0.0516. The molecule has 0 radical (unpaired) electrons. The normalized spacial score (nSPS) is 15.5. The SMILES string of the molecule is CC(=O)NCc1cc(C(F)(F)F)ccc1Oc1ccc(C)cc1CCC(=O)N1CCNCC1Cc1ccccc1. The summed E-state index contributed by atoms with van der Waals surface area (Å²) >= 11 is 0. The number of nitrogens with one attached hydrogen (secondary N) is 2. The highest BCUT2D eigenvalue weighted by molar-refractivity contribution is 5.77. The van der Waals surface area contributed by atoms with Gasteiger partial charge in [0, 0.05) is 51.1 Å². The van der Waals surface area contributed by atoms with E-state index in [0.717, 1.165) is 42.8 Å². The second-order valence-corrected chi connectivity index (χ2v) is 10.1. The molecule has 1 atom stereocenters. The van der Waals surface area contributed by atoms with E-state index < -0.39 is 11.7 Å². The minimum Gasteiger partial charge on any atom is -0.457 e. The Morgan fingerprint density at radius 3 is 2.48 bits per heavy atom. The number of piperazine rings is 1. The highest BCUT2D eigenvalue weighted by atomic mass is 19.4. The number of rotatable bonds is 9. The van der Waals surface area contributed by atoms with E-state index in [1.165, 1.54) is 18.6 Å². The van der Waals surface area contributed by atoms with Gasteiger partial charge in [0.15, 0.2) is 0 Å². The quantitative estimate of drug-likeness (QED) is 0.372. The van der Waals surface area contributed by atoms with Crippen LogP contribution in [0.5, 0.6) is 11.5 Å². The number of carbonyl (C=O) groups excluding carboxylic acids is 2. The third kappa shape index (κ3) is 7.85. The molecule has 212 valence electrons. The van der Waals surface area contributed by atoms with Gasteiger partial charge in [-0.05, 0) is 55.2 Å². The third-order valence-electron chi connectivity index (χ3n) is 6.94. The first-order chi connectivity index (χ1) is 19.1. The molecule has 1 aliphatic heterocycles. The van der Waals surface area contributed by atoms with Crippen LogP contribution < -0.4 is 15.4 Å². The zero-order valence-electron chi connectivity index (χ0n) is 22.7. The zero-order valence-corrected chi connectivity index (χ0v) is 22.7. The lowest BCUT2D eigenvalue weighted by atomic mass is 10.0. The van der Waals surface area contributed by atoms with E-state index in [2.05, 4.69) is 22.8 Å². The molecule has 1 fully saturated rings. The molecule has 40 heavy (non-hydrogen) atoms. The van der Waals surface area contributed by atoms with E-state index in [4.69, 9.17) is 4.74 Å². The molecule has 2 N–H and O–H groups in total. The van der Waals surface area contributed by atoms with Gasteiger partial charge in [-0.25, -0.2) is 0 Å². The van der Waals surface area contributed by atoms with Crippen molar-refractivity contribution in [3.8, 4) is 11.5 Å². The molecule has 6 nitrogen and oxygen atoms in total. The van der Waals surface area contributed by atoms with Crippen LogP contribution in [0.1, 0.15) is 41.2 Å². The number of hydrogen-bond acceptors (Lipinski definition) is 4. The summed E-state index contributed by atoms with van der Waals surface area (Å²) in [7, 11) is 0. The van der Waals surface area contributed by atoms with Gasteiger partial charge in [0.05, 0.1) is 5.56 Å². The molecule has 3 aromatic rings. The van der Waals surface area contributed by atoms with Crippen molar-refractivity contribution in [3.05, 3.63) is 94.5 Å². The van der Waals surface area contributed by atoms with Gasteiger partial charge in [0.1, 0.15) is 11.5 Å². The lowest BCUT2D eigenvalue weighted by molar-refractivity contribution is -0.137. The lowest BCUT2D eigenvalue weighted by Gasteiger charge is -2.36. The van der Waals surface area contributed by atoms with Crippen molar-refractivity contribution in [1.29, 1.82) is 0 Å². The van der Waals surface area contributed by atoms with Gasteiger partial charge in [0.25, 0.3) is 0 Å². The molecular formula is C31H34F3N3O3. The highest BCUT2D eigenvalue weighted by Gasteiger charge is 2.31. The highest BCUT2D eigenvalue weighted by Crippen LogP contribution is 2.35. The molecule has 0 aliphatic carbocycles. The number of aryl methyl sites for hydroxylation is 2. The van der Waals surface area contributed by atoms with Gasteiger partial charge < -0.3 is 20.3 Å². The molecule has 1 unspecified atom stereocenters. The summed E-state index contributed by atoms with van der Waals surface area (Å²) in [6, 6.07) is 18.9. The fourth-order valence-electron chi connectivity index (χ4n) is 4.88. The largest absolute Gasteiger partial charge is 0.457 e. The Balaban J connectivity index is 1.50. The second-order valence-electron chi connectivity index (χ2n) is 10.1. The van der Waals surface area contributed by atoms with Gasteiger partial charge in [-0.15, -0.1) is 0 Å². The van der Waals surface area contributed by atoms with Gasteiger partial charge in [0.2, 0.25) is 11.8 Å². The van der Waals surface area contributed by atoms with Crippen molar-refractivity contribution in [2.24, 2.45) is 0 Å². The average molecular weight is 554 g/mol. The number of benzene rings is 3. The topological polar surface area (TPSA) is 70.7 Å². The van der Waals surface area contributed by atoms with Crippen LogP contribution in [0.15, 0.2) is 66.7 Å². The summed E-state index contributed by atoms with van der Waals surface area (Å²) in [4.78, 5) is 26.8. The Labute approximate surface area is 232 Å². The second kappa shape index (κ2) is 13.0. The third-order valence-corrected chi connectivity index (χ3v) is 6.94. The first-order valence-electron chi connectivity index (χ1n) is 13.4. The van der Waals surface area contributed by atoms with Crippen LogP contribution in [-0.2, 0) is 35.2 Å². The fourth-order valence-corrected chi connectivity index (χ4v) is 4.88. The van der Waals surface area contributed by atoms with Crippen molar-refractivity contribution < 1.29 is 27.5 Å². The van der Waals surface area contributed by atoms with Crippen LogP contribution in [0.3, 0.4) is 0 Å². The number of carbonyl (C=O) groups is 2. The van der Waals surface area contributed by atoms with Gasteiger partial charge >= 0.3 is 6.18 Å². The summed E-state index contributed by atoms with van der Waals surface area (Å²) < 4.78 is 46.2. The molecular weight excluding hydrogens is 519 g/mol. The predicted octanol–water partition coefficient (Wildman–Crippen LogP) is 5.42. The average Bonchev–Trinajstić information content (AvgIpc) is 2.92. The summed E-state index contributed by atoms with van der Waals surface area (Å²) in [5, 5.41) is 5.93. The molecule has 0 saturated carbocycles.